The molecule has 0 unspecified atom stereocenters. The second kappa shape index (κ2) is 4.78. The van der Waals surface area contributed by atoms with E-state index in [0.717, 1.165) is 12.8 Å². The third kappa shape index (κ3) is 2.18. The van der Waals surface area contributed by atoms with Crippen LogP contribution in [0.25, 0.3) is 0 Å². The molecule has 1 amide bonds. The lowest BCUT2D eigenvalue weighted by Crippen LogP contribution is -2.36. The topological polar surface area (TPSA) is 49.8 Å². The first-order valence-corrected chi connectivity index (χ1v) is 6.14. The lowest BCUT2D eigenvalue weighted by Gasteiger charge is -2.22. The van der Waals surface area contributed by atoms with Gasteiger partial charge in [0.1, 0.15) is 5.75 Å². The lowest BCUT2D eigenvalue weighted by atomic mass is 10.1. The maximum Gasteiger partial charge on any atom is 0.235 e. The summed E-state index contributed by atoms with van der Waals surface area (Å²) in [5.74, 6) is 0.510. The Morgan fingerprint density at radius 3 is 2.67 bits per heavy atom. The molecule has 1 aliphatic carbocycles. The SMILES string of the molecule is COc1ccc(N(C)C(=O)C2(CO)CC2)cc1Cl. The molecule has 1 aromatic carbocycles. The monoisotopic (exact) mass is 269 g/mol. The molecule has 1 fully saturated rings. The molecule has 1 aliphatic rings. The molecule has 0 heterocycles. The number of methoxy groups -OCH3 is 1. The second-order valence-electron chi connectivity index (χ2n) is 4.62. The third-order valence-corrected chi connectivity index (χ3v) is 3.73. The van der Waals surface area contributed by atoms with Gasteiger partial charge in [-0.05, 0) is 31.0 Å². The molecule has 4 nitrogen and oxygen atoms in total. The lowest BCUT2D eigenvalue weighted by molar-refractivity contribution is -0.124. The summed E-state index contributed by atoms with van der Waals surface area (Å²) in [5.41, 5.74) is 0.131. The summed E-state index contributed by atoms with van der Waals surface area (Å²) in [6.45, 7) is -0.0972. The molecule has 0 aromatic heterocycles. The zero-order valence-corrected chi connectivity index (χ0v) is 11.2. The van der Waals surface area contributed by atoms with Crippen molar-refractivity contribution in [3.63, 3.8) is 0 Å². The van der Waals surface area contributed by atoms with E-state index in [9.17, 15) is 9.90 Å². The van der Waals surface area contributed by atoms with Gasteiger partial charge in [0, 0.05) is 12.7 Å². The summed E-state index contributed by atoms with van der Waals surface area (Å²) in [6, 6.07) is 5.18. The zero-order valence-electron chi connectivity index (χ0n) is 10.4. The molecular weight excluding hydrogens is 254 g/mol. The molecule has 0 bridgehead atoms. The van der Waals surface area contributed by atoms with Crippen LogP contribution in [0.4, 0.5) is 5.69 Å². The molecule has 2 rings (SSSR count). The first-order valence-electron chi connectivity index (χ1n) is 5.76. The minimum atomic E-state index is -0.568. The van der Waals surface area contributed by atoms with Crippen molar-refractivity contribution in [2.75, 3.05) is 25.7 Å². The largest absolute Gasteiger partial charge is 0.495 e. The predicted octanol–water partition coefficient (Wildman–Crippen LogP) is 2.08. The fraction of sp³-hybridized carbons (Fsp3) is 0.462. The van der Waals surface area contributed by atoms with E-state index in [2.05, 4.69) is 0 Å². The molecule has 98 valence electrons. The third-order valence-electron chi connectivity index (χ3n) is 3.44. The number of hydrogen-bond acceptors (Lipinski definition) is 3. The fourth-order valence-corrected chi connectivity index (χ4v) is 2.18. The number of carbonyl (C=O) groups is 1. The number of aliphatic hydroxyl groups is 1. The van der Waals surface area contributed by atoms with Gasteiger partial charge in [-0.2, -0.15) is 0 Å². The zero-order chi connectivity index (χ0) is 13.3. The summed E-state index contributed by atoms with van der Waals surface area (Å²) in [7, 11) is 3.23. The van der Waals surface area contributed by atoms with Crippen LogP contribution in [0.3, 0.4) is 0 Å². The van der Waals surface area contributed by atoms with Gasteiger partial charge in [-0.25, -0.2) is 0 Å². The molecule has 5 heteroatoms. The maximum atomic E-state index is 12.2. The van der Waals surface area contributed by atoms with E-state index in [1.807, 2.05) is 0 Å². The molecule has 0 spiro atoms. The number of aliphatic hydroxyl groups excluding tert-OH is 1. The van der Waals surface area contributed by atoms with Crippen LogP contribution in [0, 0.1) is 5.41 Å². The number of rotatable bonds is 4. The number of nitrogens with zero attached hydrogens (tertiary/aromatic N) is 1. The second-order valence-corrected chi connectivity index (χ2v) is 5.03. The summed E-state index contributed by atoms with van der Waals surface area (Å²) in [6.07, 6.45) is 1.49. The van der Waals surface area contributed by atoms with Crippen LogP contribution in [-0.2, 0) is 4.79 Å². The first kappa shape index (κ1) is 13.2. The molecule has 1 N–H and O–H groups in total. The average molecular weight is 270 g/mol. The Morgan fingerprint density at radius 1 is 1.56 bits per heavy atom. The van der Waals surface area contributed by atoms with E-state index >= 15 is 0 Å². The van der Waals surface area contributed by atoms with Gasteiger partial charge in [-0.3, -0.25) is 4.79 Å². The van der Waals surface area contributed by atoms with Crippen molar-refractivity contribution < 1.29 is 14.6 Å². The predicted molar refractivity (Wildman–Crippen MR) is 70.2 cm³/mol. The van der Waals surface area contributed by atoms with Gasteiger partial charge in [-0.15, -0.1) is 0 Å². The van der Waals surface area contributed by atoms with Crippen LogP contribution in [0.5, 0.6) is 5.75 Å². The quantitative estimate of drug-likeness (QED) is 0.911. The molecule has 1 aromatic rings. The standard InChI is InChI=1S/C13H16ClNO3/c1-15(12(17)13(8-16)5-6-13)9-3-4-11(18-2)10(14)7-9/h3-4,7,16H,5-6,8H2,1-2H3. The van der Waals surface area contributed by atoms with E-state index in [4.69, 9.17) is 16.3 Å². The molecular formula is C13H16ClNO3. The minimum Gasteiger partial charge on any atom is -0.495 e. The molecule has 18 heavy (non-hydrogen) atoms. The fourth-order valence-electron chi connectivity index (χ4n) is 1.93. The highest BCUT2D eigenvalue weighted by Crippen LogP contribution is 2.47. The molecule has 0 saturated heterocycles. The van der Waals surface area contributed by atoms with E-state index < -0.39 is 5.41 Å². The summed E-state index contributed by atoms with van der Waals surface area (Å²) < 4.78 is 5.07. The summed E-state index contributed by atoms with van der Waals surface area (Å²) in [5, 5.41) is 9.73. The van der Waals surface area contributed by atoms with Gasteiger partial charge in [0.15, 0.2) is 0 Å². The van der Waals surface area contributed by atoms with Crippen LogP contribution >= 0.6 is 11.6 Å². The van der Waals surface area contributed by atoms with Crippen molar-refractivity contribution in [2.45, 2.75) is 12.8 Å². The Balaban J connectivity index is 2.21. The number of carbonyl (C=O) groups excluding carboxylic acids is 1. The highest BCUT2D eigenvalue weighted by molar-refractivity contribution is 6.32. The maximum absolute atomic E-state index is 12.2. The summed E-state index contributed by atoms with van der Waals surface area (Å²) in [4.78, 5) is 13.8. The van der Waals surface area contributed by atoms with Gasteiger partial charge in [0.2, 0.25) is 5.91 Å². The van der Waals surface area contributed by atoms with Gasteiger partial charge in [0.25, 0.3) is 0 Å². The molecule has 1 saturated carbocycles. The summed E-state index contributed by atoms with van der Waals surface area (Å²) >= 11 is 6.03. The highest BCUT2D eigenvalue weighted by Gasteiger charge is 2.50. The van der Waals surface area contributed by atoms with Crippen molar-refractivity contribution in [3.05, 3.63) is 23.2 Å². The van der Waals surface area contributed by atoms with Crippen molar-refractivity contribution in [3.8, 4) is 5.75 Å². The Hall–Kier alpha value is -1.26. The van der Waals surface area contributed by atoms with Crippen LogP contribution < -0.4 is 9.64 Å². The van der Waals surface area contributed by atoms with Crippen molar-refractivity contribution >= 4 is 23.2 Å². The van der Waals surface area contributed by atoms with Crippen molar-refractivity contribution in [1.82, 2.24) is 0 Å². The average Bonchev–Trinajstić information content (AvgIpc) is 3.18. The van der Waals surface area contributed by atoms with Crippen LogP contribution in [0.1, 0.15) is 12.8 Å². The number of benzene rings is 1. The number of anilines is 1. The van der Waals surface area contributed by atoms with Gasteiger partial charge >= 0.3 is 0 Å². The molecule has 0 radical (unpaired) electrons. The Morgan fingerprint density at radius 2 is 2.22 bits per heavy atom. The Labute approximate surface area is 111 Å². The molecule has 0 atom stereocenters. The van der Waals surface area contributed by atoms with E-state index in [1.54, 1.807) is 32.4 Å². The Bertz CT molecular complexity index is 471. The van der Waals surface area contributed by atoms with E-state index in [0.29, 0.717) is 16.5 Å². The van der Waals surface area contributed by atoms with Crippen LogP contribution in [0.2, 0.25) is 5.02 Å². The number of amides is 1. The highest BCUT2D eigenvalue weighted by atomic mass is 35.5. The first-order chi connectivity index (χ1) is 8.54. The van der Waals surface area contributed by atoms with Gasteiger partial charge < -0.3 is 14.7 Å². The Kier molecular flexibility index (Phi) is 3.50. The number of halogens is 1. The van der Waals surface area contributed by atoms with Gasteiger partial charge in [0.05, 0.1) is 24.2 Å². The van der Waals surface area contributed by atoms with Crippen molar-refractivity contribution in [1.29, 1.82) is 0 Å². The van der Waals surface area contributed by atoms with Crippen LogP contribution in [0.15, 0.2) is 18.2 Å². The van der Waals surface area contributed by atoms with Crippen molar-refractivity contribution in [2.24, 2.45) is 5.41 Å². The minimum absolute atomic E-state index is 0.0637. The smallest absolute Gasteiger partial charge is 0.235 e. The van der Waals surface area contributed by atoms with E-state index in [1.165, 1.54) is 4.90 Å². The van der Waals surface area contributed by atoms with Gasteiger partial charge in [-0.1, -0.05) is 11.6 Å². The van der Waals surface area contributed by atoms with Crippen LogP contribution in [-0.4, -0.2) is 31.8 Å². The normalized spacial score (nSPS) is 16.2. The number of hydrogen-bond donors (Lipinski definition) is 1. The molecule has 0 aliphatic heterocycles. The number of ether oxygens (including phenoxy) is 1. The van der Waals surface area contributed by atoms with E-state index in [-0.39, 0.29) is 12.5 Å².